The molecule has 0 spiro atoms. The van der Waals surface area contributed by atoms with Crippen LogP contribution in [0.5, 0.6) is 0 Å². The van der Waals surface area contributed by atoms with E-state index in [9.17, 15) is 4.79 Å². The van der Waals surface area contributed by atoms with Gasteiger partial charge in [0.2, 0.25) is 5.91 Å². The van der Waals surface area contributed by atoms with Crippen molar-refractivity contribution in [3.8, 4) is 0 Å². The van der Waals surface area contributed by atoms with Crippen LogP contribution < -0.4 is 10.6 Å². The zero-order valence-corrected chi connectivity index (χ0v) is 13.3. The third-order valence-corrected chi connectivity index (χ3v) is 4.75. The monoisotopic (exact) mass is 290 g/mol. The number of nitrogens with one attached hydrogen (secondary N) is 2. The van der Waals surface area contributed by atoms with Crippen LogP contribution in [-0.2, 0) is 4.79 Å². The maximum absolute atomic E-state index is 11.7. The summed E-state index contributed by atoms with van der Waals surface area (Å²) in [6.45, 7) is 8.56. The summed E-state index contributed by atoms with van der Waals surface area (Å²) in [4.78, 5) is 13.0. The van der Waals surface area contributed by atoms with Crippen molar-refractivity contribution in [2.45, 2.75) is 39.8 Å². The second kappa shape index (κ2) is 6.37. The Balaban J connectivity index is 2.06. The fraction of sp³-hybridized carbons (Fsp3) is 0.438. The number of benzene rings is 1. The predicted molar refractivity (Wildman–Crippen MR) is 86.3 cm³/mol. The van der Waals surface area contributed by atoms with E-state index >= 15 is 0 Å². The zero-order valence-electron chi connectivity index (χ0n) is 12.5. The summed E-state index contributed by atoms with van der Waals surface area (Å²) in [5.74, 6) is 0.0469. The summed E-state index contributed by atoms with van der Waals surface area (Å²) >= 11 is 1.80. The van der Waals surface area contributed by atoms with E-state index in [4.69, 9.17) is 0 Å². The highest BCUT2D eigenvalue weighted by Gasteiger charge is 2.15. The van der Waals surface area contributed by atoms with Crippen LogP contribution in [0.2, 0.25) is 0 Å². The Morgan fingerprint density at radius 1 is 1.25 bits per heavy atom. The molecule has 2 rings (SSSR count). The number of amides is 1. The van der Waals surface area contributed by atoms with Gasteiger partial charge in [-0.25, -0.2) is 0 Å². The van der Waals surface area contributed by atoms with Crippen LogP contribution in [0.25, 0.3) is 10.1 Å². The lowest BCUT2D eigenvalue weighted by molar-refractivity contribution is -0.120. The summed E-state index contributed by atoms with van der Waals surface area (Å²) in [6.07, 6.45) is 0. The Morgan fingerprint density at radius 3 is 2.60 bits per heavy atom. The smallest absolute Gasteiger partial charge is 0.234 e. The molecule has 108 valence electrons. The van der Waals surface area contributed by atoms with Gasteiger partial charge in [-0.3, -0.25) is 4.79 Å². The Bertz CT molecular complexity index is 604. The lowest BCUT2D eigenvalue weighted by Gasteiger charge is -2.14. The van der Waals surface area contributed by atoms with Crippen molar-refractivity contribution in [1.82, 2.24) is 10.6 Å². The molecule has 1 heterocycles. The van der Waals surface area contributed by atoms with Crippen LogP contribution in [0.4, 0.5) is 0 Å². The molecule has 1 amide bonds. The van der Waals surface area contributed by atoms with E-state index in [-0.39, 0.29) is 18.0 Å². The normalized spacial score (nSPS) is 12.8. The maximum Gasteiger partial charge on any atom is 0.234 e. The summed E-state index contributed by atoms with van der Waals surface area (Å²) in [5.41, 5.74) is 1.31. The molecule has 0 saturated heterocycles. The molecule has 0 bridgehead atoms. The van der Waals surface area contributed by atoms with E-state index in [1.54, 1.807) is 11.3 Å². The first kappa shape index (κ1) is 15.0. The molecule has 2 aromatic rings. The molecule has 20 heavy (non-hydrogen) atoms. The molecule has 0 radical (unpaired) electrons. The lowest BCUT2D eigenvalue weighted by atomic mass is 10.1. The van der Waals surface area contributed by atoms with E-state index in [1.807, 2.05) is 13.8 Å². The fourth-order valence-electron chi connectivity index (χ4n) is 2.32. The highest BCUT2D eigenvalue weighted by atomic mass is 32.1. The fourth-order valence-corrected chi connectivity index (χ4v) is 3.56. The van der Waals surface area contributed by atoms with Crippen molar-refractivity contribution < 1.29 is 4.79 Å². The van der Waals surface area contributed by atoms with E-state index < -0.39 is 0 Å². The van der Waals surface area contributed by atoms with Gasteiger partial charge in [-0.2, -0.15) is 0 Å². The maximum atomic E-state index is 11.7. The van der Waals surface area contributed by atoms with Crippen LogP contribution in [0.1, 0.15) is 37.3 Å². The van der Waals surface area contributed by atoms with Gasteiger partial charge in [0, 0.05) is 21.7 Å². The third-order valence-electron chi connectivity index (χ3n) is 3.29. The van der Waals surface area contributed by atoms with Gasteiger partial charge in [0.05, 0.1) is 6.54 Å². The second-order valence-corrected chi connectivity index (χ2v) is 6.50. The van der Waals surface area contributed by atoms with E-state index in [2.05, 4.69) is 48.7 Å². The highest BCUT2D eigenvalue weighted by Crippen LogP contribution is 2.34. The number of aryl methyl sites for hydroxylation is 1. The number of fused-ring (bicyclic) bond motifs is 1. The van der Waals surface area contributed by atoms with Gasteiger partial charge in [-0.15, -0.1) is 11.3 Å². The average molecular weight is 290 g/mol. The molecule has 1 aromatic heterocycles. The minimum absolute atomic E-state index is 0.0469. The first-order valence-electron chi connectivity index (χ1n) is 6.99. The molecule has 0 aliphatic heterocycles. The Morgan fingerprint density at radius 2 is 1.95 bits per heavy atom. The van der Waals surface area contributed by atoms with Crippen LogP contribution in [-0.4, -0.2) is 18.5 Å². The second-order valence-electron chi connectivity index (χ2n) is 5.41. The van der Waals surface area contributed by atoms with Crippen LogP contribution in [0, 0.1) is 6.92 Å². The van der Waals surface area contributed by atoms with E-state index in [0.29, 0.717) is 6.54 Å². The number of hydrogen-bond donors (Lipinski definition) is 2. The minimum Gasteiger partial charge on any atom is -0.353 e. The summed E-state index contributed by atoms with van der Waals surface area (Å²) < 4.78 is 1.31. The van der Waals surface area contributed by atoms with Crippen molar-refractivity contribution in [3.05, 3.63) is 34.7 Å². The predicted octanol–water partition coefficient (Wildman–Crippen LogP) is 3.38. The van der Waals surface area contributed by atoms with Crippen LogP contribution >= 0.6 is 11.3 Å². The quantitative estimate of drug-likeness (QED) is 0.886. The molecule has 0 aliphatic carbocycles. The molecule has 4 heteroatoms. The molecule has 0 aliphatic rings. The van der Waals surface area contributed by atoms with E-state index in [0.717, 1.165) is 0 Å². The summed E-state index contributed by atoms with van der Waals surface area (Å²) in [5, 5.41) is 7.51. The molecule has 1 unspecified atom stereocenters. The molecule has 0 saturated carbocycles. The number of rotatable bonds is 5. The summed E-state index contributed by atoms with van der Waals surface area (Å²) in [6, 6.07) is 8.81. The van der Waals surface area contributed by atoms with Gasteiger partial charge >= 0.3 is 0 Å². The largest absolute Gasteiger partial charge is 0.353 e. The SMILES string of the molecule is Cc1c(C(C)NCC(=O)NC(C)C)sc2ccccc12. The average Bonchev–Trinajstić information content (AvgIpc) is 2.73. The van der Waals surface area contributed by atoms with Crippen molar-refractivity contribution in [2.24, 2.45) is 0 Å². The van der Waals surface area contributed by atoms with Crippen molar-refractivity contribution in [2.75, 3.05) is 6.54 Å². The first-order chi connectivity index (χ1) is 9.49. The molecule has 1 atom stereocenters. The summed E-state index contributed by atoms with van der Waals surface area (Å²) in [7, 11) is 0. The number of carbonyl (C=O) groups is 1. The van der Waals surface area contributed by atoms with E-state index in [1.165, 1.54) is 20.5 Å². The van der Waals surface area contributed by atoms with Crippen molar-refractivity contribution >= 4 is 27.3 Å². The van der Waals surface area contributed by atoms with Crippen LogP contribution in [0.15, 0.2) is 24.3 Å². The van der Waals surface area contributed by atoms with Gasteiger partial charge in [-0.1, -0.05) is 18.2 Å². The highest BCUT2D eigenvalue weighted by molar-refractivity contribution is 7.19. The molecular formula is C16H22N2OS. The lowest BCUT2D eigenvalue weighted by Crippen LogP contribution is -2.38. The molecule has 3 nitrogen and oxygen atoms in total. The molecular weight excluding hydrogens is 268 g/mol. The number of hydrogen-bond acceptors (Lipinski definition) is 3. The standard InChI is InChI=1S/C16H22N2OS/c1-10(2)18-15(19)9-17-12(4)16-11(3)13-7-5-6-8-14(13)20-16/h5-8,10,12,17H,9H2,1-4H3,(H,18,19). The van der Waals surface area contributed by atoms with Crippen LogP contribution in [0.3, 0.4) is 0 Å². The molecule has 0 fully saturated rings. The van der Waals surface area contributed by atoms with Gasteiger partial charge in [0.15, 0.2) is 0 Å². The third kappa shape index (κ3) is 3.38. The Labute approximate surface area is 124 Å². The number of thiophene rings is 1. The topological polar surface area (TPSA) is 41.1 Å². The van der Waals surface area contributed by atoms with Crippen molar-refractivity contribution in [3.63, 3.8) is 0 Å². The molecule has 1 aromatic carbocycles. The Hall–Kier alpha value is -1.39. The molecule has 2 N–H and O–H groups in total. The van der Waals surface area contributed by atoms with Gasteiger partial charge in [-0.05, 0) is 44.7 Å². The van der Waals surface area contributed by atoms with Gasteiger partial charge in [0.25, 0.3) is 0 Å². The first-order valence-corrected chi connectivity index (χ1v) is 7.81. The Kier molecular flexibility index (Phi) is 4.78. The number of carbonyl (C=O) groups excluding carboxylic acids is 1. The van der Waals surface area contributed by atoms with Crippen molar-refractivity contribution in [1.29, 1.82) is 0 Å². The van der Waals surface area contributed by atoms with Gasteiger partial charge < -0.3 is 10.6 Å². The van der Waals surface area contributed by atoms with Gasteiger partial charge in [0.1, 0.15) is 0 Å². The minimum atomic E-state index is 0.0469. The zero-order chi connectivity index (χ0) is 14.7.